The molecule has 0 fully saturated rings. The lowest BCUT2D eigenvalue weighted by Crippen LogP contribution is -2.12. The van der Waals surface area contributed by atoms with Crippen molar-refractivity contribution in [1.29, 1.82) is 0 Å². The molecule has 0 saturated carbocycles. The van der Waals surface area contributed by atoms with Gasteiger partial charge in [0.1, 0.15) is 12.2 Å². The number of methoxy groups -OCH3 is 3. The molecule has 6 heteroatoms. The number of hydrogen-bond acceptors (Lipinski definition) is 6. The molecule has 0 amide bonds. The summed E-state index contributed by atoms with van der Waals surface area (Å²) in [5, 5.41) is 0. The van der Waals surface area contributed by atoms with Crippen LogP contribution in [0.15, 0.2) is 12.1 Å². The third-order valence-corrected chi connectivity index (χ3v) is 3.11. The van der Waals surface area contributed by atoms with Crippen molar-refractivity contribution in [2.24, 2.45) is 0 Å². The average molecular weight is 310 g/mol. The number of carbonyl (C=O) groups excluding carboxylic acids is 2. The number of hydrogen-bond donors (Lipinski definition) is 0. The molecule has 0 aromatic heterocycles. The smallest absolute Gasteiger partial charge is 0.313 e. The zero-order valence-electron chi connectivity index (χ0n) is 13.4. The highest BCUT2D eigenvalue weighted by atomic mass is 16.5. The van der Waals surface area contributed by atoms with E-state index < -0.39 is 5.97 Å². The summed E-state index contributed by atoms with van der Waals surface area (Å²) < 4.78 is 20.6. The Morgan fingerprint density at radius 1 is 1.00 bits per heavy atom. The van der Waals surface area contributed by atoms with Gasteiger partial charge in [0, 0.05) is 6.42 Å². The fourth-order valence-electron chi connectivity index (χ4n) is 2.10. The minimum Gasteiger partial charge on any atom is -0.493 e. The van der Waals surface area contributed by atoms with Crippen LogP contribution in [0, 0.1) is 0 Å². The summed E-state index contributed by atoms with van der Waals surface area (Å²) in [4.78, 5) is 23.0. The second kappa shape index (κ2) is 8.92. The topological polar surface area (TPSA) is 71.1 Å². The zero-order valence-corrected chi connectivity index (χ0v) is 13.4. The second-order valence-electron chi connectivity index (χ2n) is 4.51. The molecule has 0 unspecified atom stereocenters. The number of benzene rings is 1. The minimum absolute atomic E-state index is 0.171. The Morgan fingerprint density at radius 2 is 1.68 bits per heavy atom. The van der Waals surface area contributed by atoms with Gasteiger partial charge >= 0.3 is 5.97 Å². The quantitative estimate of drug-likeness (QED) is 0.514. The average Bonchev–Trinajstić information content (AvgIpc) is 2.51. The van der Waals surface area contributed by atoms with Gasteiger partial charge in [0.05, 0.1) is 27.9 Å². The molecule has 0 bridgehead atoms. The molecule has 6 nitrogen and oxygen atoms in total. The van der Waals surface area contributed by atoms with Crippen LogP contribution in [0.25, 0.3) is 0 Å². The third kappa shape index (κ3) is 4.65. The molecular weight excluding hydrogens is 288 g/mol. The van der Waals surface area contributed by atoms with Crippen molar-refractivity contribution in [3.8, 4) is 17.2 Å². The normalized spacial score (nSPS) is 10.0. The Bertz CT molecular complexity index is 524. The van der Waals surface area contributed by atoms with Crippen molar-refractivity contribution in [2.45, 2.75) is 26.2 Å². The van der Waals surface area contributed by atoms with Crippen LogP contribution in [0.5, 0.6) is 17.2 Å². The zero-order chi connectivity index (χ0) is 16.5. The summed E-state index contributed by atoms with van der Waals surface area (Å²) in [5.74, 6) is 0.911. The summed E-state index contributed by atoms with van der Waals surface area (Å²) in [6.07, 6.45) is 0.468. The van der Waals surface area contributed by atoms with Crippen molar-refractivity contribution >= 4 is 11.8 Å². The highest BCUT2D eigenvalue weighted by molar-refractivity contribution is 5.95. The highest BCUT2D eigenvalue weighted by Crippen LogP contribution is 2.40. The van der Waals surface area contributed by atoms with Crippen LogP contribution < -0.4 is 14.2 Å². The first kappa shape index (κ1) is 17.8. The van der Waals surface area contributed by atoms with Crippen molar-refractivity contribution in [2.75, 3.05) is 27.9 Å². The Kier molecular flexibility index (Phi) is 7.22. The van der Waals surface area contributed by atoms with Crippen LogP contribution >= 0.6 is 0 Å². The van der Waals surface area contributed by atoms with E-state index in [0.29, 0.717) is 23.7 Å². The first-order valence-electron chi connectivity index (χ1n) is 7.02. The predicted molar refractivity (Wildman–Crippen MR) is 80.7 cm³/mol. The summed E-state index contributed by atoms with van der Waals surface area (Å²) in [5.41, 5.74) is 0.817. The summed E-state index contributed by atoms with van der Waals surface area (Å²) in [7, 11) is 4.59. The maximum absolute atomic E-state index is 11.8. The minimum atomic E-state index is -0.494. The first-order chi connectivity index (χ1) is 10.6. The number of ketones is 1. The first-order valence-corrected chi connectivity index (χ1v) is 7.02. The van der Waals surface area contributed by atoms with Crippen LogP contribution in [0.2, 0.25) is 0 Å². The van der Waals surface area contributed by atoms with Crippen molar-refractivity contribution in [1.82, 2.24) is 0 Å². The lowest BCUT2D eigenvalue weighted by molar-refractivity contribution is -0.145. The molecule has 22 heavy (non-hydrogen) atoms. The molecular formula is C16H22O6. The fraction of sp³-hybridized carbons (Fsp3) is 0.500. The highest BCUT2D eigenvalue weighted by Gasteiger charge is 2.17. The maximum atomic E-state index is 11.8. The molecule has 0 aliphatic rings. The predicted octanol–water partition coefficient (Wildman–Crippen LogP) is 2.17. The van der Waals surface area contributed by atoms with Crippen LogP contribution in [-0.4, -0.2) is 39.7 Å². The van der Waals surface area contributed by atoms with Gasteiger partial charge in [0.25, 0.3) is 0 Å². The van der Waals surface area contributed by atoms with E-state index in [-0.39, 0.29) is 25.2 Å². The lowest BCUT2D eigenvalue weighted by Gasteiger charge is -2.15. The lowest BCUT2D eigenvalue weighted by atomic mass is 10.0. The van der Waals surface area contributed by atoms with Gasteiger partial charge in [0.15, 0.2) is 11.5 Å². The Hall–Kier alpha value is -2.24. The Balaban J connectivity index is 2.77. The Morgan fingerprint density at radius 3 is 2.23 bits per heavy atom. The van der Waals surface area contributed by atoms with E-state index in [1.165, 1.54) is 14.2 Å². The van der Waals surface area contributed by atoms with Crippen LogP contribution in [0.1, 0.15) is 25.3 Å². The largest absolute Gasteiger partial charge is 0.493 e. The van der Waals surface area contributed by atoms with Gasteiger partial charge in [-0.05, 0) is 25.0 Å². The summed E-state index contributed by atoms with van der Waals surface area (Å²) in [6, 6.07) is 3.57. The number of esters is 1. The molecule has 0 heterocycles. The van der Waals surface area contributed by atoms with Crippen molar-refractivity contribution < 1.29 is 28.5 Å². The number of ether oxygens (including phenoxy) is 4. The van der Waals surface area contributed by atoms with Crippen molar-refractivity contribution in [3.05, 3.63) is 17.7 Å². The molecule has 0 N–H and O–H groups in total. The molecule has 1 rings (SSSR count). The molecule has 0 radical (unpaired) electrons. The number of aryl methyl sites for hydroxylation is 1. The van der Waals surface area contributed by atoms with Gasteiger partial charge in [-0.15, -0.1) is 0 Å². The Labute approximate surface area is 130 Å². The van der Waals surface area contributed by atoms with Crippen molar-refractivity contribution in [3.63, 3.8) is 0 Å². The number of rotatable bonds is 9. The van der Waals surface area contributed by atoms with E-state index in [0.717, 1.165) is 5.56 Å². The van der Waals surface area contributed by atoms with E-state index in [4.69, 9.17) is 18.9 Å². The SMILES string of the molecule is CCOC(=O)CC(=O)CCc1ccc(OC)c(OC)c1OC. The van der Waals surface area contributed by atoms with Gasteiger partial charge in [-0.3, -0.25) is 9.59 Å². The molecule has 0 saturated heterocycles. The molecule has 0 spiro atoms. The van der Waals surface area contributed by atoms with Gasteiger partial charge in [0.2, 0.25) is 5.75 Å². The number of carbonyl (C=O) groups is 2. The third-order valence-electron chi connectivity index (χ3n) is 3.11. The van der Waals surface area contributed by atoms with Gasteiger partial charge in [-0.2, -0.15) is 0 Å². The fourth-order valence-corrected chi connectivity index (χ4v) is 2.10. The maximum Gasteiger partial charge on any atom is 0.313 e. The molecule has 0 aliphatic carbocycles. The summed E-state index contributed by atoms with van der Waals surface area (Å²) in [6.45, 7) is 1.98. The van der Waals surface area contributed by atoms with Crippen LogP contribution in [0.4, 0.5) is 0 Å². The second-order valence-corrected chi connectivity index (χ2v) is 4.51. The van der Waals surface area contributed by atoms with Crippen LogP contribution in [-0.2, 0) is 20.7 Å². The summed E-state index contributed by atoms with van der Waals surface area (Å²) >= 11 is 0. The monoisotopic (exact) mass is 310 g/mol. The van der Waals surface area contributed by atoms with Gasteiger partial charge in [-0.1, -0.05) is 6.07 Å². The molecule has 0 atom stereocenters. The van der Waals surface area contributed by atoms with E-state index >= 15 is 0 Å². The van der Waals surface area contributed by atoms with E-state index in [9.17, 15) is 9.59 Å². The van der Waals surface area contributed by atoms with Gasteiger partial charge < -0.3 is 18.9 Å². The standard InChI is InChI=1S/C16H22O6/c1-5-22-14(18)10-12(17)8-6-11-7-9-13(19-2)16(21-4)15(11)20-3/h7,9H,5-6,8,10H2,1-4H3. The van der Waals surface area contributed by atoms with Crippen LogP contribution in [0.3, 0.4) is 0 Å². The molecule has 1 aromatic rings. The number of Topliss-reactive ketones (excluding diaryl/α,β-unsaturated/α-hetero) is 1. The van der Waals surface area contributed by atoms with E-state index in [2.05, 4.69) is 0 Å². The molecule has 1 aromatic carbocycles. The van der Waals surface area contributed by atoms with E-state index in [1.54, 1.807) is 20.1 Å². The molecule has 122 valence electrons. The molecule has 0 aliphatic heterocycles. The van der Waals surface area contributed by atoms with E-state index in [1.807, 2.05) is 6.07 Å². The van der Waals surface area contributed by atoms with Gasteiger partial charge in [-0.25, -0.2) is 0 Å².